The van der Waals surface area contributed by atoms with Gasteiger partial charge in [0, 0.05) is 12.5 Å². The van der Waals surface area contributed by atoms with Crippen LogP contribution in [0.1, 0.15) is 26.2 Å². The molecule has 0 radical (unpaired) electrons. The summed E-state index contributed by atoms with van der Waals surface area (Å²) in [5.41, 5.74) is 0.999. The van der Waals surface area contributed by atoms with E-state index in [1.54, 1.807) is 6.92 Å². The summed E-state index contributed by atoms with van der Waals surface area (Å²) in [6.07, 6.45) is 2.16. The van der Waals surface area contributed by atoms with Gasteiger partial charge in [-0.3, -0.25) is 9.59 Å². The van der Waals surface area contributed by atoms with Crippen molar-refractivity contribution in [1.82, 2.24) is 4.57 Å². The molecule has 1 fully saturated rings. The van der Waals surface area contributed by atoms with Crippen LogP contribution < -0.4 is 4.80 Å². The second kappa shape index (κ2) is 6.44. The molecule has 1 heterocycles. The van der Waals surface area contributed by atoms with Crippen LogP contribution >= 0.6 is 11.3 Å². The van der Waals surface area contributed by atoms with Crippen LogP contribution in [-0.4, -0.2) is 23.1 Å². The Labute approximate surface area is 132 Å². The average molecular weight is 318 g/mol. The monoisotopic (exact) mass is 318 g/mol. The minimum Gasteiger partial charge on any atom is -0.466 e. The predicted octanol–water partition coefficient (Wildman–Crippen LogP) is 2.49. The van der Waals surface area contributed by atoms with Crippen molar-refractivity contribution < 1.29 is 14.3 Å². The van der Waals surface area contributed by atoms with Gasteiger partial charge in [0.25, 0.3) is 5.91 Å². The number of hydrogen-bond donors (Lipinski definition) is 0. The van der Waals surface area contributed by atoms with Crippen molar-refractivity contribution in [3.05, 3.63) is 29.1 Å². The Balaban J connectivity index is 1.94. The van der Waals surface area contributed by atoms with Crippen molar-refractivity contribution in [2.75, 3.05) is 6.61 Å². The Hall–Kier alpha value is -1.95. The highest BCUT2D eigenvalue weighted by Gasteiger charge is 2.29. The molecule has 2 aromatic rings. The summed E-state index contributed by atoms with van der Waals surface area (Å²) < 4.78 is 7.98. The van der Waals surface area contributed by atoms with Crippen LogP contribution in [0.4, 0.5) is 0 Å². The maximum absolute atomic E-state index is 12.0. The van der Waals surface area contributed by atoms with E-state index in [4.69, 9.17) is 4.74 Å². The number of amides is 1. The molecule has 22 heavy (non-hydrogen) atoms. The van der Waals surface area contributed by atoms with Crippen LogP contribution in [0, 0.1) is 5.92 Å². The van der Waals surface area contributed by atoms with E-state index >= 15 is 0 Å². The van der Waals surface area contributed by atoms with Gasteiger partial charge in [-0.1, -0.05) is 23.5 Å². The first-order chi connectivity index (χ1) is 10.7. The van der Waals surface area contributed by atoms with E-state index in [1.165, 1.54) is 11.3 Å². The molecule has 5 nitrogen and oxygen atoms in total. The number of nitrogens with zero attached hydrogens (tertiary/aromatic N) is 2. The lowest BCUT2D eigenvalue weighted by Crippen LogP contribution is -2.19. The lowest BCUT2D eigenvalue weighted by Gasteiger charge is -2.05. The molecule has 3 rings (SSSR count). The van der Waals surface area contributed by atoms with E-state index in [-0.39, 0.29) is 24.2 Å². The minimum absolute atomic E-state index is 0.0450. The number of carbonyl (C=O) groups excluding carboxylic acids is 2. The zero-order valence-electron chi connectivity index (χ0n) is 12.4. The van der Waals surface area contributed by atoms with Gasteiger partial charge in [0.1, 0.15) is 0 Å². The van der Waals surface area contributed by atoms with Crippen LogP contribution in [0.2, 0.25) is 0 Å². The first kappa shape index (κ1) is 15.0. The molecule has 1 aromatic heterocycles. The van der Waals surface area contributed by atoms with Crippen LogP contribution in [-0.2, 0) is 20.9 Å². The molecule has 1 aromatic carbocycles. The van der Waals surface area contributed by atoms with Crippen molar-refractivity contribution >= 4 is 33.4 Å². The number of ether oxygens (including phenoxy) is 1. The third-order valence-corrected chi connectivity index (χ3v) is 4.62. The normalized spacial score (nSPS) is 15.2. The van der Waals surface area contributed by atoms with Gasteiger partial charge in [-0.05, 0) is 31.9 Å². The zero-order chi connectivity index (χ0) is 15.5. The fraction of sp³-hybridized carbons (Fsp3) is 0.438. The van der Waals surface area contributed by atoms with Crippen LogP contribution in [0.5, 0.6) is 0 Å². The highest BCUT2D eigenvalue weighted by molar-refractivity contribution is 7.16. The molecule has 0 saturated heterocycles. The van der Waals surface area contributed by atoms with E-state index in [0.29, 0.717) is 18.0 Å². The number of aromatic nitrogens is 1. The topological polar surface area (TPSA) is 60.7 Å². The molecular weight excluding hydrogens is 300 g/mol. The van der Waals surface area contributed by atoms with Crippen molar-refractivity contribution in [3.63, 3.8) is 0 Å². The zero-order valence-corrected chi connectivity index (χ0v) is 13.3. The Morgan fingerprint density at radius 1 is 1.36 bits per heavy atom. The second-order valence-electron chi connectivity index (χ2n) is 5.28. The summed E-state index contributed by atoms with van der Waals surface area (Å²) in [7, 11) is 0. The number of esters is 1. The average Bonchev–Trinajstić information content (AvgIpc) is 3.29. The third-order valence-electron chi connectivity index (χ3n) is 3.57. The Bertz CT molecular complexity index is 771. The van der Waals surface area contributed by atoms with Gasteiger partial charge in [0.15, 0.2) is 4.80 Å². The van der Waals surface area contributed by atoms with E-state index in [1.807, 2.05) is 28.8 Å². The van der Waals surface area contributed by atoms with Gasteiger partial charge in [0.2, 0.25) is 0 Å². The molecule has 0 atom stereocenters. The molecule has 1 saturated carbocycles. The fourth-order valence-electron chi connectivity index (χ4n) is 2.27. The molecule has 6 heteroatoms. The standard InChI is InChI=1S/C16H18N2O3S/c1-2-21-14(19)9-10-18-12-5-3-4-6-13(12)22-16(18)17-15(20)11-7-8-11/h3-6,11H,2,7-10H2,1H3. The number of aryl methyl sites for hydroxylation is 1. The highest BCUT2D eigenvalue weighted by atomic mass is 32.1. The number of thiazole rings is 1. The summed E-state index contributed by atoms with van der Waals surface area (Å²) >= 11 is 1.49. The van der Waals surface area contributed by atoms with E-state index < -0.39 is 0 Å². The van der Waals surface area contributed by atoms with Gasteiger partial charge in [-0.2, -0.15) is 4.99 Å². The Kier molecular flexibility index (Phi) is 4.38. The van der Waals surface area contributed by atoms with Gasteiger partial charge < -0.3 is 9.30 Å². The van der Waals surface area contributed by atoms with Gasteiger partial charge >= 0.3 is 5.97 Å². The molecular formula is C16H18N2O3S. The van der Waals surface area contributed by atoms with Crippen molar-refractivity contribution in [3.8, 4) is 0 Å². The number of hydrogen-bond acceptors (Lipinski definition) is 4. The highest BCUT2D eigenvalue weighted by Crippen LogP contribution is 2.30. The number of benzene rings is 1. The summed E-state index contributed by atoms with van der Waals surface area (Å²) in [6.45, 7) is 2.64. The maximum Gasteiger partial charge on any atom is 0.307 e. The largest absolute Gasteiger partial charge is 0.466 e. The lowest BCUT2D eigenvalue weighted by molar-refractivity contribution is -0.143. The first-order valence-corrected chi connectivity index (χ1v) is 8.33. The van der Waals surface area contributed by atoms with Gasteiger partial charge in [-0.25, -0.2) is 0 Å². The lowest BCUT2D eigenvalue weighted by atomic mass is 10.3. The minimum atomic E-state index is -0.232. The smallest absolute Gasteiger partial charge is 0.307 e. The number of rotatable bonds is 5. The van der Waals surface area contributed by atoms with Crippen molar-refractivity contribution in [2.45, 2.75) is 32.7 Å². The summed E-state index contributed by atoms with van der Waals surface area (Å²) in [5.74, 6) is -0.176. The first-order valence-electron chi connectivity index (χ1n) is 7.51. The quantitative estimate of drug-likeness (QED) is 0.796. The number of carbonyl (C=O) groups is 2. The molecule has 1 amide bonds. The maximum atomic E-state index is 12.0. The number of fused-ring (bicyclic) bond motifs is 1. The molecule has 0 spiro atoms. The van der Waals surface area contributed by atoms with Crippen LogP contribution in [0.25, 0.3) is 10.2 Å². The molecule has 0 aliphatic heterocycles. The summed E-state index contributed by atoms with van der Waals surface area (Å²) in [5, 5.41) is 0. The Morgan fingerprint density at radius 2 is 2.14 bits per heavy atom. The molecule has 0 bridgehead atoms. The molecule has 116 valence electrons. The molecule has 0 N–H and O–H groups in total. The summed E-state index contributed by atoms with van der Waals surface area (Å²) in [6, 6.07) is 7.89. The third kappa shape index (κ3) is 3.27. The second-order valence-corrected chi connectivity index (χ2v) is 6.29. The van der Waals surface area contributed by atoms with Crippen molar-refractivity contribution in [1.29, 1.82) is 0 Å². The van der Waals surface area contributed by atoms with Crippen LogP contribution in [0.15, 0.2) is 29.3 Å². The molecule has 1 aliphatic rings. The molecule has 0 unspecified atom stereocenters. The van der Waals surface area contributed by atoms with E-state index in [0.717, 1.165) is 23.1 Å². The van der Waals surface area contributed by atoms with Crippen molar-refractivity contribution in [2.24, 2.45) is 10.9 Å². The SMILES string of the molecule is CCOC(=O)CCn1c(=NC(=O)C2CC2)sc2ccccc21. The summed E-state index contributed by atoms with van der Waals surface area (Å²) in [4.78, 5) is 28.5. The number of para-hydroxylation sites is 1. The van der Waals surface area contributed by atoms with Gasteiger partial charge in [0.05, 0.1) is 23.2 Å². The van der Waals surface area contributed by atoms with E-state index in [2.05, 4.69) is 4.99 Å². The van der Waals surface area contributed by atoms with E-state index in [9.17, 15) is 9.59 Å². The van der Waals surface area contributed by atoms with Gasteiger partial charge in [-0.15, -0.1) is 0 Å². The fourth-order valence-corrected chi connectivity index (χ4v) is 3.34. The Morgan fingerprint density at radius 3 is 2.86 bits per heavy atom. The molecule has 1 aliphatic carbocycles. The predicted molar refractivity (Wildman–Crippen MR) is 84.4 cm³/mol. The van der Waals surface area contributed by atoms with Crippen LogP contribution in [0.3, 0.4) is 0 Å².